The number of amides is 1. The summed E-state index contributed by atoms with van der Waals surface area (Å²) >= 11 is 0. The van der Waals surface area contributed by atoms with Crippen LogP contribution in [0, 0.1) is 6.92 Å². The van der Waals surface area contributed by atoms with Crippen molar-refractivity contribution >= 4 is 23.7 Å². The van der Waals surface area contributed by atoms with Crippen LogP contribution in [0.1, 0.15) is 77.0 Å². The van der Waals surface area contributed by atoms with E-state index < -0.39 is 17.8 Å². The van der Waals surface area contributed by atoms with Gasteiger partial charge < -0.3 is 13.9 Å². The van der Waals surface area contributed by atoms with Gasteiger partial charge in [-0.15, -0.1) is 0 Å². The number of rotatable bonds is 6. The van der Waals surface area contributed by atoms with Crippen LogP contribution in [0.2, 0.25) is 0 Å². The van der Waals surface area contributed by atoms with Gasteiger partial charge in [0.15, 0.2) is 0 Å². The number of benzene rings is 1. The SMILES string of the molecule is CCOC(=O)c1c(C)oc(NC(=O)c2ccc(C(C)(C)C)cc2)c1C(=O)OCC. The molecule has 7 nitrogen and oxygen atoms in total. The number of anilines is 1. The predicted molar refractivity (Wildman–Crippen MR) is 108 cm³/mol. The Bertz CT molecular complexity index is 903. The van der Waals surface area contributed by atoms with E-state index in [0.29, 0.717) is 5.56 Å². The van der Waals surface area contributed by atoms with E-state index >= 15 is 0 Å². The van der Waals surface area contributed by atoms with Crippen LogP contribution < -0.4 is 5.32 Å². The van der Waals surface area contributed by atoms with Crippen molar-refractivity contribution in [2.24, 2.45) is 0 Å². The van der Waals surface area contributed by atoms with Crippen molar-refractivity contribution in [1.82, 2.24) is 0 Å². The maximum atomic E-state index is 12.7. The van der Waals surface area contributed by atoms with Crippen molar-refractivity contribution in [2.75, 3.05) is 18.5 Å². The van der Waals surface area contributed by atoms with Crippen molar-refractivity contribution in [3.8, 4) is 0 Å². The van der Waals surface area contributed by atoms with E-state index in [2.05, 4.69) is 26.1 Å². The Kier molecular flexibility index (Phi) is 6.84. The number of hydrogen-bond acceptors (Lipinski definition) is 6. The molecule has 0 fully saturated rings. The van der Waals surface area contributed by atoms with Gasteiger partial charge in [0.2, 0.25) is 5.88 Å². The molecule has 1 aromatic heterocycles. The number of ether oxygens (including phenoxy) is 2. The Balaban J connectivity index is 2.38. The molecule has 1 N–H and O–H groups in total. The molecule has 1 heterocycles. The number of hydrogen-bond donors (Lipinski definition) is 1. The normalized spacial score (nSPS) is 11.1. The predicted octanol–water partition coefficient (Wildman–Crippen LogP) is 4.49. The third-order valence-corrected chi connectivity index (χ3v) is 4.28. The van der Waals surface area contributed by atoms with Gasteiger partial charge in [0, 0.05) is 5.56 Å². The maximum absolute atomic E-state index is 12.7. The summed E-state index contributed by atoms with van der Waals surface area (Å²) in [6, 6.07) is 7.14. The second kappa shape index (κ2) is 8.94. The van der Waals surface area contributed by atoms with Crippen molar-refractivity contribution in [1.29, 1.82) is 0 Å². The second-order valence-corrected chi connectivity index (χ2v) is 7.46. The van der Waals surface area contributed by atoms with E-state index in [1.807, 2.05) is 12.1 Å². The molecule has 0 saturated heterocycles. The van der Waals surface area contributed by atoms with Crippen LogP contribution in [0.3, 0.4) is 0 Å². The van der Waals surface area contributed by atoms with Crippen LogP contribution in [0.5, 0.6) is 0 Å². The average Bonchev–Trinajstić information content (AvgIpc) is 2.97. The lowest BCUT2D eigenvalue weighted by molar-refractivity contribution is 0.0480. The molecule has 0 bridgehead atoms. The Labute approximate surface area is 170 Å². The van der Waals surface area contributed by atoms with E-state index in [1.165, 1.54) is 6.92 Å². The third-order valence-electron chi connectivity index (χ3n) is 4.28. The van der Waals surface area contributed by atoms with Crippen molar-refractivity contribution < 1.29 is 28.3 Å². The van der Waals surface area contributed by atoms with E-state index in [9.17, 15) is 14.4 Å². The zero-order valence-corrected chi connectivity index (χ0v) is 17.7. The standard InChI is InChI=1S/C22H27NO6/c1-7-27-20(25)16-13(3)29-19(17(16)21(26)28-8-2)23-18(24)14-9-11-15(12-10-14)22(4,5)6/h9-12H,7-8H2,1-6H3,(H,23,24). The van der Waals surface area contributed by atoms with Gasteiger partial charge in [-0.25, -0.2) is 9.59 Å². The first kappa shape index (κ1) is 22.2. The molecule has 0 aliphatic carbocycles. The van der Waals surface area contributed by atoms with Gasteiger partial charge in [0.25, 0.3) is 5.91 Å². The van der Waals surface area contributed by atoms with Crippen LogP contribution in [-0.4, -0.2) is 31.1 Å². The molecule has 0 unspecified atom stereocenters. The van der Waals surface area contributed by atoms with Gasteiger partial charge in [0.05, 0.1) is 13.2 Å². The zero-order valence-electron chi connectivity index (χ0n) is 17.7. The van der Waals surface area contributed by atoms with E-state index in [4.69, 9.17) is 13.9 Å². The summed E-state index contributed by atoms with van der Waals surface area (Å²) in [6.07, 6.45) is 0. The summed E-state index contributed by atoms with van der Waals surface area (Å²) in [4.78, 5) is 37.4. The van der Waals surface area contributed by atoms with Crippen molar-refractivity contribution in [2.45, 2.75) is 47.0 Å². The zero-order chi connectivity index (χ0) is 21.8. The quantitative estimate of drug-likeness (QED) is 0.717. The topological polar surface area (TPSA) is 94.8 Å². The number of carbonyl (C=O) groups excluding carboxylic acids is 3. The molecule has 0 spiro atoms. The Morgan fingerprint density at radius 2 is 1.45 bits per heavy atom. The maximum Gasteiger partial charge on any atom is 0.344 e. The van der Waals surface area contributed by atoms with Gasteiger partial charge in [-0.3, -0.25) is 10.1 Å². The molecular formula is C22H27NO6. The number of furan rings is 1. The molecule has 1 amide bonds. The highest BCUT2D eigenvalue weighted by atomic mass is 16.5. The molecule has 2 aromatic rings. The lowest BCUT2D eigenvalue weighted by atomic mass is 9.87. The van der Waals surface area contributed by atoms with Crippen molar-refractivity contribution in [3.63, 3.8) is 0 Å². The largest absolute Gasteiger partial charge is 0.462 e. The minimum atomic E-state index is -0.772. The Hall–Kier alpha value is -3.09. The first-order valence-electron chi connectivity index (χ1n) is 9.49. The first-order chi connectivity index (χ1) is 13.6. The van der Waals surface area contributed by atoms with Crippen LogP contribution in [0.25, 0.3) is 0 Å². The fraction of sp³-hybridized carbons (Fsp3) is 0.409. The molecule has 7 heteroatoms. The number of esters is 2. The summed E-state index contributed by atoms with van der Waals surface area (Å²) in [7, 11) is 0. The fourth-order valence-corrected chi connectivity index (χ4v) is 2.78. The molecule has 2 rings (SSSR count). The Morgan fingerprint density at radius 1 is 0.931 bits per heavy atom. The molecule has 29 heavy (non-hydrogen) atoms. The van der Waals surface area contributed by atoms with Gasteiger partial charge in [0.1, 0.15) is 16.9 Å². The molecule has 0 radical (unpaired) electrons. The monoisotopic (exact) mass is 401 g/mol. The van der Waals surface area contributed by atoms with E-state index in [-0.39, 0.29) is 41.4 Å². The third kappa shape index (κ3) is 5.04. The highest BCUT2D eigenvalue weighted by Crippen LogP contribution is 2.29. The number of carbonyl (C=O) groups is 3. The van der Waals surface area contributed by atoms with Gasteiger partial charge >= 0.3 is 11.9 Å². The summed E-state index contributed by atoms with van der Waals surface area (Å²) in [5.41, 5.74) is 1.23. The molecule has 156 valence electrons. The Morgan fingerprint density at radius 3 is 1.93 bits per heavy atom. The highest BCUT2D eigenvalue weighted by molar-refractivity contribution is 6.11. The lowest BCUT2D eigenvalue weighted by Crippen LogP contribution is -2.18. The average molecular weight is 401 g/mol. The minimum Gasteiger partial charge on any atom is -0.462 e. The minimum absolute atomic E-state index is 0.0429. The molecule has 0 aliphatic rings. The first-order valence-corrected chi connectivity index (χ1v) is 9.49. The van der Waals surface area contributed by atoms with Gasteiger partial charge in [-0.2, -0.15) is 0 Å². The van der Waals surface area contributed by atoms with Crippen LogP contribution >= 0.6 is 0 Å². The summed E-state index contributed by atoms with van der Waals surface area (Å²) < 4.78 is 15.6. The van der Waals surface area contributed by atoms with Crippen LogP contribution in [0.4, 0.5) is 5.88 Å². The molecule has 0 saturated carbocycles. The number of nitrogens with one attached hydrogen (secondary N) is 1. The highest BCUT2D eigenvalue weighted by Gasteiger charge is 2.31. The van der Waals surface area contributed by atoms with E-state index in [1.54, 1.807) is 26.0 Å². The lowest BCUT2D eigenvalue weighted by Gasteiger charge is -2.19. The summed E-state index contributed by atoms with van der Waals surface area (Å²) in [5, 5.41) is 2.57. The fourth-order valence-electron chi connectivity index (χ4n) is 2.78. The summed E-state index contributed by atoms with van der Waals surface area (Å²) in [6.45, 7) is 11.3. The van der Waals surface area contributed by atoms with Crippen LogP contribution in [0.15, 0.2) is 28.7 Å². The molecular weight excluding hydrogens is 374 g/mol. The van der Waals surface area contributed by atoms with Gasteiger partial charge in [-0.1, -0.05) is 32.9 Å². The van der Waals surface area contributed by atoms with Crippen LogP contribution in [-0.2, 0) is 14.9 Å². The van der Waals surface area contributed by atoms with Gasteiger partial charge in [-0.05, 0) is 43.9 Å². The summed E-state index contributed by atoms with van der Waals surface area (Å²) in [5.74, 6) is -1.95. The molecule has 0 aliphatic heterocycles. The molecule has 0 atom stereocenters. The molecule has 1 aromatic carbocycles. The smallest absolute Gasteiger partial charge is 0.344 e. The van der Waals surface area contributed by atoms with E-state index in [0.717, 1.165) is 5.56 Å². The second-order valence-electron chi connectivity index (χ2n) is 7.46. The van der Waals surface area contributed by atoms with Crippen molar-refractivity contribution in [3.05, 3.63) is 52.3 Å². The number of aryl methyl sites for hydroxylation is 1.